The molecule has 3 N–H and O–H groups in total. The lowest BCUT2D eigenvalue weighted by Crippen LogP contribution is -2.57. The van der Waals surface area contributed by atoms with Gasteiger partial charge in [0.15, 0.2) is 0 Å². The van der Waals surface area contributed by atoms with E-state index in [2.05, 4.69) is 16.0 Å². The van der Waals surface area contributed by atoms with Gasteiger partial charge >= 0.3 is 12.1 Å². The number of rotatable bonds is 1. The van der Waals surface area contributed by atoms with Crippen LogP contribution in [-0.4, -0.2) is 12.1 Å². The van der Waals surface area contributed by atoms with E-state index in [9.17, 15) is 9.59 Å². The van der Waals surface area contributed by atoms with Gasteiger partial charge in [0, 0.05) is 5.02 Å². The first-order valence-corrected chi connectivity index (χ1v) is 5.08. The van der Waals surface area contributed by atoms with Crippen LogP contribution in [0.3, 0.4) is 0 Å². The fourth-order valence-corrected chi connectivity index (χ4v) is 1.73. The molecule has 1 heterocycles. The smallest absolute Gasteiger partial charge is 0.313 e. The van der Waals surface area contributed by atoms with Crippen LogP contribution in [0, 0.1) is 6.92 Å². The molecule has 1 saturated heterocycles. The van der Waals surface area contributed by atoms with E-state index in [0.717, 1.165) is 11.1 Å². The standard InChI is InChI=1S/C10H10ClN3O2/c1-5-2-3-6(11)4-7(5)8-12-9(15)14-10(16)13-8/h2-4,8H,1H3,(H3,12,13,14,15,16). The molecule has 0 saturated carbocycles. The Kier molecular flexibility index (Phi) is 2.70. The van der Waals surface area contributed by atoms with E-state index in [1.165, 1.54) is 0 Å². The van der Waals surface area contributed by atoms with E-state index < -0.39 is 18.2 Å². The van der Waals surface area contributed by atoms with Crippen LogP contribution in [0.25, 0.3) is 0 Å². The third kappa shape index (κ3) is 2.09. The molecule has 1 aromatic carbocycles. The van der Waals surface area contributed by atoms with Gasteiger partial charge in [0.2, 0.25) is 0 Å². The predicted molar refractivity (Wildman–Crippen MR) is 59.1 cm³/mol. The molecule has 0 aliphatic carbocycles. The van der Waals surface area contributed by atoms with Crippen LogP contribution in [0.4, 0.5) is 9.59 Å². The largest absolute Gasteiger partial charge is 0.324 e. The molecule has 5 nitrogen and oxygen atoms in total. The van der Waals surface area contributed by atoms with Crippen LogP contribution in [-0.2, 0) is 0 Å². The van der Waals surface area contributed by atoms with Crippen molar-refractivity contribution in [1.29, 1.82) is 0 Å². The van der Waals surface area contributed by atoms with Crippen LogP contribution in [0.5, 0.6) is 0 Å². The minimum atomic E-state index is -0.542. The van der Waals surface area contributed by atoms with Crippen molar-refractivity contribution in [2.45, 2.75) is 13.1 Å². The highest BCUT2D eigenvalue weighted by Crippen LogP contribution is 2.21. The monoisotopic (exact) mass is 239 g/mol. The Bertz CT molecular complexity index is 445. The Balaban J connectivity index is 2.32. The molecule has 1 aromatic rings. The highest BCUT2D eigenvalue weighted by molar-refractivity contribution is 6.30. The summed E-state index contributed by atoms with van der Waals surface area (Å²) in [5, 5.41) is 7.82. The number of urea groups is 2. The van der Waals surface area contributed by atoms with Crippen LogP contribution in [0.2, 0.25) is 5.02 Å². The summed E-state index contributed by atoms with van der Waals surface area (Å²) in [5.74, 6) is 0. The lowest BCUT2D eigenvalue weighted by molar-refractivity contribution is 0.209. The maximum Gasteiger partial charge on any atom is 0.324 e. The van der Waals surface area contributed by atoms with Crippen molar-refractivity contribution in [2.75, 3.05) is 0 Å². The minimum absolute atomic E-state index is 0.520. The number of aryl methyl sites for hydroxylation is 1. The van der Waals surface area contributed by atoms with Gasteiger partial charge in [-0.25, -0.2) is 9.59 Å². The second-order valence-corrected chi connectivity index (χ2v) is 3.94. The summed E-state index contributed by atoms with van der Waals surface area (Å²) in [7, 11) is 0. The summed E-state index contributed by atoms with van der Waals surface area (Å²) in [6.45, 7) is 1.88. The van der Waals surface area contributed by atoms with Crippen LogP contribution in [0.1, 0.15) is 17.3 Å². The van der Waals surface area contributed by atoms with Crippen molar-refractivity contribution in [3.8, 4) is 0 Å². The summed E-state index contributed by atoms with van der Waals surface area (Å²) in [5.41, 5.74) is 1.72. The average molecular weight is 240 g/mol. The Labute approximate surface area is 97.2 Å². The molecule has 0 spiro atoms. The van der Waals surface area contributed by atoms with Crippen LogP contribution in [0.15, 0.2) is 18.2 Å². The fraction of sp³-hybridized carbons (Fsp3) is 0.200. The molecule has 6 heteroatoms. The second kappa shape index (κ2) is 4.02. The van der Waals surface area contributed by atoms with Gasteiger partial charge in [0.25, 0.3) is 0 Å². The number of carbonyl (C=O) groups excluding carboxylic acids is 2. The van der Waals surface area contributed by atoms with Gasteiger partial charge in [-0.2, -0.15) is 0 Å². The molecule has 0 aromatic heterocycles. The SMILES string of the molecule is Cc1ccc(Cl)cc1C1NC(=O)NC(=O)N1. The molecule has 0 bridgehead atoms. The molecule has 1 fully saturated rings. The molecule has 4 amide bonds. The Morgan fingerprint density at radius 2 is 1.81 bits per heavy atom. The number of hydrogen-bond donors (Lipinski definition) is 3. The molecule has 1 aliphatic heterocycles. The summed E-state index contributed by atoms with van der Waals surface area (Å²) in [6.07, 6.45) is -0.542. The molecule has 0 radical (unpaired) electrons. The van der Waals surface area contributed by atoms with Gasteiger partial charge in [-0.3, -0.25) is 5.32 Å². The zero-order valence-corrected chi connectivity index (χ0v) is 9.26. The van der Waals surface area contributed by atoms with Gasteiger partial charge in [-0.15, -0.1) is 0 Å². The third-order valence-electron chi connectivity index (χ3n) is 2.33. The second-order valence-electron chi connectivity index (χ2n) is 3.51. The van der Waals surface area contributed by atoms with Gasteiger partial charge in [0.1, 0.15) is 6.17 Å². The number of halogens is 1. The average Bonchev–Trinajstić information content (AvgIpc) is 2.20. The number of hydrogen-bond acceptors (Lipinski definition) is 2. The van der Waals surface area contributed by atoms with E-state index >= 15 is 0 Å². The first kappa shape index (κ1) is 10.8. The van der Waals surface area contributed by atoms with Crippen molar-refractivity contribution in [2.24, 2.45) is 0 Å². The number of nitrogens with one attached hydrogen (secondary N) is 3. The molecule has 84 valence electrons. The normalized spacial score (nSPS) is 16.4. The van der Waals surface area contributed by atoms with Crippen LogP contribution >= 0.6 is 11.6 Å². The van der Waals surface area contributed by atoms with Crippen molar-refractivity contribution >= 4 is 23.7 Å². The maximum atomic E-state index is 11.1. The molecule has 1 aliphatic rings. The van der Waals surface area contributed by atoms with E-state index in [-0.39, 0.29) is 0 Å². The maximum absolute atomic E-state index is 11.1. The minimum Gasteiger partial charge on any atom is -0.313 e. The van der Waals surface area contributed by atoms with E-state index in [1.807, 2.05) is 13.0 Å². The van der Waals surface area contributed by atoms with Gasteiger partial charge < -0.3 is 10.6 Å². The van der Waals surface area contributed by atoms with Crippen molar-refractivity contribution in [3.63, 3.8) is 0 Å². The summed E-state index contributed by atoms with van der Waals surface area (Å²) in [4.78, 5) is 22.3. The molecular formula is C10H10ClN3O2. The van der Waals surface area contributed by atoms with Crippen molar-refractivity contribution in [1.82, 2.24) is 16.0 Å². The summed E-state index contributed by atoms with van der Waals surface area (Å²) in [6, 6.07) is 4.26. The third-order valence-corrected chi connectivity index (χ3v) is 2.57. The van der Waals surface area contributed by atoms with Gasteiger partial charge in [-0.1, -0.05) is 17.7 Å². The quantitative estimate of drug-likeness (QED) is 0.698. The number of benzene rings is 1. The Morgan fingerprint density at radius 3 is 2.44 bits per heavy atom. The summed E-state index contributed by atoms with van der Waals surface area (Å²) >= 11 is 5.87. The highest BCUT2D eigenvalue weighted by Gasteiger charge is 2.24. The topological polar surface area (TPSA) is 70.2 Å². The van der Waals surface area contributed by atoms with Gasteiger partial charge in [-0.05, 0) is 30.2 Å². The van der Waals surface area contributed by atoms with E-state index in [1.54, 1.807) is 12.1 Å². The number of amides is 4. The lowest BCUT2D eigenvalue weighted by atomic mass is 10.1. The van der Waals surface area contributed by atoms with Crippen LogP contribution < -0.4 is 16.0 Å². The molecule has 2 rings (SSSR count). The molecule has 0 unspecified atom stereocenters. The molecule has 0 atom stereocenters. The molecule has 16 heavy (non-hydrogen) atoms. The lowest BCUT2D eigenvalue weighted by Gasteiger charge is -2.26. The number of carbonyl (C=O) groups is 2. The first-order chi connectivity index (χ1) is 7.56. The number of imide groups is 1. The summed E-state index contributed by atoms with van der Waals surface area (Å²) < 4.78 is 0. The first-order valence-electron chi connectivity index (χ1n) is 4.70. The zero-order chi connectivity index (χ0) is 11.7. The van der Waals surface area contributed by atoms with Crippen molar-refractivity contribution in [3.05, 3.63) is 34.3 Å². The zero-order valence-electron chi connectivity index (χ0n) is 8.50. The predicted octanol–water partition coefficient (Wildman–Crippen LogP) is 1.67. The van der Waals surface area contributed by atoms with E-state index in [4.69, 9.17) is 11.6 Å². The van der Waals surface area contributed by atoms with E-state index in [0.29, 0.717) is 5.02 Å². The fourth-order valence-electron chi connectivity index (χ4n) is 1.55. The van der Waals surface area contributed by atoms with Crippen molar-refractivity contribution < 1.29 is 9.59 Å². The molecular weight excluding hydrogens is 230 g/mol. The Hall–Kier alpha value is -1.75. The highest BCUT2D eigenvalue weighted by atomic mass is 35.5. The van der Waals surface area contributed by atoms with Gasteiger partial charge in [0.05, 0.1) is 0 Å². The Morgan fingerprint density at radius 1 is 1.19 bits per heavy atom.